The molecule has 1 heterocycles. The molecule has 0 saturated heterocycles. The molecular formula is C20H21NO. The molecule has 0 spiro atoms. The Morgan fingerprint density at radius 2 is 1.68 bits per heavy atom. The monoisotopic (exact) mass is 291 g/mol. The standard InChI is InChI=1S/C20H21NO/c1-22-14-4-5-16-8-10-17(11-9-16)15-20-19-7-3-2-6-18(19)12-13-21-20/h2-3,6-13H,4-5,14-15H2,1H3. The van der Waals surface area contributed by atoms with Gasteiger partial charge in [0.15, 0.2) is 0 Å². The highest BCUT2D eigenvalue weighted by molar-refractivity contribution is 5.84. The predicted octanol–water partition coefficient (Wildman–Crippen LogP) is 4.40. The number of rotatable bonds is 6. The number of hydrogen-bond acceptors (Lipinski definition) is 2. The van der Waals surface area contributed by atoms with E-state index in [2.05, 4.69) is 59.6 Å². The zero-order chi connectivity index (χ0) is 15.2. The SMILES string of the molecule is COCCCc1ccc(Cc2nccc3ccccc23)cc1. The van der Waals surface area contributed by atoms with Crippen molar-refractivity contribution in [1.29, 1.82) is 0 Å². The molecule has 0 fully saturated rings. The minimum Gasteiger partial charge on any atom is -0.385 e. The van der Waals surface area contributed by atoms with E-state index in [4.69, 9.17) is 4.74 Å². The number of ether oxygens (including phenoxy) is 1. The number of methoxy groups -OCH3 is 1. The van der Waals surface area contributed by atoms with Gasteiger partial charge in [-0.3, -0.25) is 4.98 Å². The molecule has 3 rings (SSSR count). The summed E-state index contributed by atoms with van der Waals surface area (Å²) in [5.41, 5.74) is 3.82. The Bertz CT molecular complexity index is 729. The highest BCUT2D eigenvalue weighted by Gasteiger charge is 2.03. The smallest absolute Gasteiger partial charge is 0.0525 e. The number of aromatic nitrogens is 1. The van der Waals surface area contributed by atoms with Crippen molar-refractivity contribution in [1.82, 2.24) is 4.98 Å². The first-order valence-corrected chi connectivity index (χ1v) is 7.76. The van der Waals surface area contributed by atoms with Crippen LogP contribution in [0.4, 0.5) is 0 Å². The highest BCUT2D eigenvalue weighted by Crippen LogP contribution is 2.19. The molecule has 112 valence electrons. The second-order valence-electron chi connectivity index (χ2n) is 5.57. The minimum atomic E-state index is 0.821. The summed E-state index contributed by atoms with van der Waals surface area (Å²) in [4.78, 5) is 4.57. The Labute approximate surface area is 131 Å². The number of benzene rings is 2. The molecule has 0 aliphatic carbocycles. The maximum atomic E-state index is 5.10. The van der Waals surface area contributed by atoms with Gasteiger partial charge >= 0.3 is 0 Å². The maximum absolute atomic E-state index is 5.10. The third kappa shape index (κ3) is 3.52. The summed E-state index contributed by atoms with van der Waals surface area (Å²) in [6.07, 6.45) is 4.91. The first kappa shape index (κ1) is 14.7. The van der Waals surface area contributed by atoms with Crippen LogP contribution in [0.1, 0.15) is 23.2 Å². The number of nitrogens with zero attached hydrogens (tertiary/aromatic N) is 1. The molecule has 0 bridgehead atoms. The Balaban J connectivity index is 1.75. The Morgan fingerprint density at radius 1 is 0.909 bits per heavy atom. The molecule has 0 unspecified atom stereocenters. The average molecular weight is 291 g/mol. The quantitative estimate of drug-likeness (QED) is 0.628. The van der Waals surface area contributed by atoms with Gasteiger partial charge in [0, 0.05) is 31.7 Å². The summed E-state index contributed by atoms with van der Waals surface area (Å²) in [6.45, 7) is 0.821. The Hall–Kier alpha value is -2.19. The van der Waals surface area contributed by atoms with E-state index < -0.39 is 0 Å². The van der Waals surface area contributed by atoms with Gasteiger partial charge in [0.05, 0.1) is 5.69 Å². The van der Waals surface area contributed by atoms with Crippen molar-refractivity contribution in [3.63, 3.8) is 0 Å². The molecule has 0 saturated carbocycles. The van der Waals surface area contributed by atoms with Crippen molar-refractivity contribution in [3.05, 3.63) is 77.6 Å². The molecule has 0 aliphatic heterocycles. The van der Waals surface area contributed by atoms with E-state index in [0.717, 1.165) is 31.6 Å². The second kappa shape index (κ2) is 7.19. The van der Waals surface area contributed by atoms with Crippen LogP contribution >= 0.6 is 0 Å². The summed E-state index contributed by atoms with van der Waals surface area (Å²) in [5.74, 6) is 0. The fraction of sp³-hybridized carbons (Fsp3) is 0.250. The third-order valence-electron chi connectivity index (χ3n) is 3.96. The minimum absolute atomic E-state index is 0.821. The van der Waals surface area contributed by atoms with Crippen molar-refractivity contribution in [2.45, 2.75) is 19.3 Å². The van der Waals surface area contributed by atoms with Crippen molar-refractivity contribution >= 4 is 10.8 Å². The van der Waals surface area contributed by atoms with Crippen molar-refractivity contribution < 1.29 is 4.74 Å². The van der Waals surface area contributed by atoms with Gasteiger partial charge in [-0.15, -0.1) is 0 Å². The Morgan fingerprint density at radius 3 is 2.50 bits per heavy atom. The number of aryl methyl sites for hydroxylation is 1. The van der Waals surface area contributed by atoms with E-state index >= 15 is 0 Å². The summed E-state index contributed by atoms with van der Waals surface area (Å²) in [5, 5.41) is 2.50. The lowest BCUT2D eigenvalue weighted by atomic mass is 10.0. The molecule has 1 aromatic heterocycles. The van der Waals surface area contributed by atoms with Crippen LogP contribution in [-0.2, 0) is 17.6 Å². The summed E-state index contributed by atoms with van der Waals surface area (Å²) >= 11 is 0. The summed E-state index contributed by atoms with van der Waals surface area (Å²) < 4.78 is 5.10. The van der Waals surface area contributed by atoms with Gasteiger partial charge in [-0.05, 0) is 35.4 Å². The lowest BCUT2D eigenvalue weighted by Gasteiger charge is -2.07. The van der Waals surface area contributed by atoms with Gasteiger partial charge in [0.2, 0.25) is 0 Å². The van der Waals surface area contributed by atoms with E-state index in [-0.39, 0.29) is 0 Å². The molecule has 3 aromatic rings. The van der Waals surface area contributed by atoms with Crippen molar-refractivity contribution in [2.24, 2.45) is 0 Å². The first-order valence-electron chi connectivity index (χ1n) is 7.76. The topological polar surface area (TPSA) is 22.1 Å². The second-order valence-corrected chi connectivity index (χ2v) is 5.57. The number of fused-ring (bicyclic) bond motifs is 1. The van der Waals surface area contributed by atoms with Gasteiger partial charge < -0.3 is 4.74 Å². The molecular weight excluding hydrogens is 270 g/mol. The fourth-order valence-electron chi connectivity index (χ4n) is 2.76. The van der Waals surface area contributed by atoms with Crippen LogP contribution < -0.4 is 0 Å². The lowest BCUT2D eigenvalue weighted by molar-refractivity contribution is 0.195. The fourth-order valence-corrected chi connectivity index (χ4v) is 2.76. The molecule has 0 radical (unpaired) electrons. The largest absolute Gasteiger partial charge is 0.385 e. The van der Waals surface area contributed by atoms with Gasteiger partial charge in [-0.25, -0.2) is 0 Å². The molecule has 0 aliphatic rings. The maximum Gasteiger partial charge on any atom is 0.0525 e. The van der Waals surface area contributed by atoms with Crippen LogP contribution in [0.2, 0.25) is 0 Å². The molecule has 0 atom stereocenters. The van der Waals surface area contributed by atoms with Crippen molar-refractivity contribution in [2.75, 3.05) is 13.7 Å². The van der Waals surface area contributed by atoms with Gasteiger partial charge in [0.1, 0.15) is 0 Å². The molecule has 2 aromatic carbocycles. The number of hydrogen-bond donors (Lipinski definition) is 0. The molecule has 2 nitrogen and oxygen atoms in total. The molecule has 22 heavy (non-hydrogen) atoms. The van der Waals surface area contributed by atoms with Crippen LogP contribution in [0.5, 0.6) is 0 Å². The van der Waals surface area contributed by atoms with Crippen LogP contribution in [0.3, 0.4) is 0 Å². The summed E-state index contributed by atoms with van der Waals surface area (Å²) in [6, 6.07) is 19.4. The van der Waals surface area contributed by atoms with Crippen molar-refractivity contribution in [3.8, 4) is 0 Å². The molecule has 0 amide bonds. The zero-order valence-electron chi connectivity index (χ0n) is 13.0. The van der Waals surface area contributed by atoms with Crippen LogP contribution in [0, 0.1) is 0 Å². The zero-order valence-corrected chi connectivity index (χ0v) is 13.0. The normalized spacial score (nSPS) is 11.0. The van der Waals surface area contributed by atoms with Crippen LogP contribution in [0.15, 0.2) is 60.8 Å². The van der Waals surface area contributed by atoms with Gasteiger partial charge in [0.25, 0.3) is 0 Å². The van der Waals surface area contributed by atoms with Gasteiger partial charge in [-0.2, -0.15) is 0 Å². The average Bonchev–Trinajstić information content (AvgIpc) is 2.57. The van der Waals surface area contributed by atoms with E-state index in [1.807, 2.05) is 6.20 Å². The van der Waals surface area contributed by atoms with E-state index in [1.54, 1.807) is 7.11 Å². The number of pyridine rings is 1. The van der Waals surface area contributed by atoms with E-state index in [9.17, 15) is 0 Å². The van der Waals surface area contributed by atoms with E-state index in [0.29, 0.717) is 0 Å². The van der Waals surface area contributed by atoms with E-state index in [1.165, 1.54) is 21.9 Å². The van der Waals surface area contributed by atoms with Gasteiger partial charge in [-0.1, -0.05) is 48.5 Å². The third-order valence-corrected chi connectivity index (χ3v) is 3.96. The van der Waals surface area contributed by atoms with Crippen LogP contribution in [0.25, 0.3) is 10.8 Å². The predicted molar refractivity (Wildman–Crippen MR) is 91.2 cm³/mol. The first-order chi connectivity index (χ1) is 10.9. The summed E-state index contributed by atoms with van der Waals surface area (Å²) in [7, 11) is 1.75. The Kier molecular flexibility index (Phi) is 4.81. The van der Waals surface area contributed by atoms with Crippen LogP contribution in [-0.4, -0.2) is 18.7 Å². The lowest BCUT2D eigenvalue weighted by Crippen LogP contribution is -1.95. The molecule has 2 heteroatoms. The highest BCUT2D eigenvalue weighted by atomic mass is 16.5. The molecule has 0 N–H and O–H groups in total.